The number of H-pyrrole nitrogens is 2. The Hall–Kier alpha value is -7.44. The highest BCUT2D eigenvalue weighted by molar-refractivity contribution is 7.87. The SMILES string of the molecule is O=C(CCCCCOc1ccc2c(c1)-c1nc-2nc2[nH]c(nc3nc(nc4[nH]c(n1)c1ccccc41)-c1ccccc1-3)c1ccccc21)ON1C(=O)CC(S(=O)(=O)O)C1=O. The van der Waals surface area contributed by atoms with Crippen molar-refractivity contribution in [3.05, 3.63) is 91.0 Å². The second kappa shape index (κ2) is 14.4. The third-order valence-corrected chi connectivity index (χ3v) is 11.5. The number of hydrogen-bond acceptors (Lipinski definition) is 13. The first-order chi connectivity index (χ1) is 29.1. The van der Waals surface area contributed by atoms with Crippen LogP contribution in [0.1, 0.15) is 32.1 Å². The Morgan fingerprint density at radius 1 is 0.650 bits per heavy atom. The highest BCUT2D eigenvalue weighted by atomic mass is 32.2. The van der Waals surface area contributed by atoms with E-state index in [0.29, 0.717) is 83.1 Å². The molecule has 18 heteroatoms. The number of ether oxygens (including phenoxy) is 1. The molecular weight excluding hydrogens is 791 g/mol. The standard InChI is InChI=1S/C42H31N9O8S/c52-32-21-31(60(55,56)57)42(54)51(32)59-33(53)16-2-1-9-19-58-22-17-18-29-30(20-22)41-49-39-28-15-8-7-14-27(28)37(47-39)45-35-24-11-4-3-10-23(24)34(43-35)44-36-25-12-5-6-13-26(25)38(46-36)48-40(29)50-41/h3-8,10-15,17-18,20,31H,1-2,9,16,19,21H2,(H,55,56,57)(H2,43,44,45,46,47,48,49,50). The van der Waals surface area contributed by atoms with Gasteiger partial charge in [-0.2, -0.15) is 8.42 Å². The number of hydrogen-bond donors (Lipinski definition) is 3. The number of imide groups is 1. The van der Waals surface area contributed by atoms with Crippen LogP contribution >= 0.6 is 0 Å². The van der Waals surface area contributed by atoms with Crippen molar-refractivity contribution in [1.82, 2.24) is 44.9 Å². The van der Waals surface area contributed by atoms with Crippen LogP contribution in [0.2, 0.25) is 0 Å². The van der Waals surface area contributed by atoms with Crippen molar-refractivity contribution in [3.8, 4) is 51.3 Å². The van der Waals surface area contributed by atoms with Crippen LogP contribution in [0.3, 0.4) is 0 Å². The molecule has 3 N–H and O–H groups in total. The maximum absolute atomic E-state index is 12.3. The fourth-order valence-electron chi connectivity index (χ4n) is 7.51. The van der Waals surface area contributed by atoms with Gasteiger partial charge in [0.15, 0.2) is 28.5 Å². The molecule has 10 rings (SSSR count). The minimum Gasteiger partial charge on any atom is -0.494 e. The summed E-state index contributed by atoms with van der Waals surface area (Å²) < 4.78 is 38.0. The van der Waals surface area contributed by atoms with Gasteiger partial charge in [0.25, 0.3) is 21.9 Å². The topological polar surface area (TPSA) is 236 Å². The van der Waals surface area contributed by atoms with Gasteiger partial charge in [-0.3, -0.25) is 14.1 Å². The van der Waals surface area contributed by atoms with Crippen molar-refractivity contribution in [2.75, 3.05) is 6.61 Å². The van der Waals surface area contributed by atoms with Gasteiger partial charge < -0.3 is 19.5 Å². The quantitative estimate of drug-likeness (QED) is 0.0826. The number of nitrogens with one attached hydrogen (secondary N) is 2. The summed E-state index contributed by atoms with van der Waals surface area (Å²) in [5.74, 6) is -0.747. The highest BCUT2D eigenvalue weighted by Crippen LogP contribution is 2.38. The summed E-state index contributed by atoms with van der Waals surface area (Å²) in [6, 6.07) is 29.1. The number of nitrogens with zero attached hydrogens (tertiary/aromatic N) is 7. The third-order valence-electron chi connectivity index (χ3n) is 10.4. The number of carbonyl (C=O) groups is 3. The minimum atomic E-state index is -4.81. The van der Waals surface area contributed by atoms with Crippen molar-refractivity contribution in [3.63, 3.8) is 0 Å². The molecule has 3 aliphatic heterocycles. The van der Waals surface area contributed by atoms with Crippen LogP contribution in [0.25, 0.3) is 89.7 Å². The first-order valence-corrected chi connectivity index (χ1v) is 20.5. The predicted octanol–water partition coefficient (Wildman–Crippen LogP) is 6.28. The highest BCUT2D eigenvalue weighted by Gasteiger charge is 2.48. The lowest BCUT2D eigenvalue weighted by Crippen LogP contribution is -2.36. The van der Waals surface area contributed by atoms with Gasteiger partial charge in [-0.15, -0.1) is 5.06 Å². The molecule has 1 fully saturated rings. The Morgan fingerprint density at radius 2 is 1.13 bits per heavy atom. The molecule has 0 spiro atoms. The van der Waals surface area contributed by atoms with Crippen LogP contribution < -0.4 is 4.74 Å². The molecule has 60 heavy (non-hydrogen) atoms. The molecule has 0 saturated carbocycles. The smallest absolute Gasteiger partial charge is 0.333 e. The molecular formula is C42H31N9O8S. The summed E-state index contributed by atoms with van der Waals surface area (Å²) >= 11 is 0. The van der Waals surface area contributed by atoms with Crippen molar-refractivity contribution in [2.24, 2.45) is 0 Å². The number of hydroxylamine groups is 2. The number of aromatic amines is 2. The number of rotatable bonds is 9. The van der Waals surface area contributed by atoms with E-state index in [4.69, 9.17) is 39.5 Å². The number of aromatic nitrogens is 8. The summed E-state index contributed by atoms with van der Waals surface area (Å²) in [5, 5.41) is 1.54. The number of carbonyl (C=O) groups excluding carboxylic acids is 3. The second-order valence-electron chi connectivity index (χ2n) is 14.3. The molecule has 298 valence electrons. The van der Waals surface area contributed by atoms with E-state index >= 15 is 0 Å². The molecule has 2 amide bonds. The monoisotopic (exact) mass is 821 g/mol. The lowest BCUT2D eigenvalue weighted by atomic mass is 10.1. The van der Waals surface area contributed by atoms with Crippen molar-refractivity contribution in [1.29, 1.82) is 0 Å². The average molecular weight is 822 g/mol. The van der Waals surface area contributed by atoms with Gasteiger partial charge in [-0.25, -0.2) is 34.7 Å². The molecule has 17 nitrogen and oxygen atoms in total. The summed E-state index contributed by atoms with van der Waals surface area (Å²) in [4.78, 5) is 78.2. The van der Waals surface area contributed by atoms with E-state index in [1.165, 1.54) is 0 Å². The maximum Gasteiger partial charge on any atom is 0.333 e. The van der Waals surface area contributed by atoms with Crippen molar-refractivity contribution in [2.45, 2.75) is 37.4 Å². The Balaban J connectivity index is 0.958. The van der Waals surface area contributed by atoms with Gasteiger partial charge >= 0.3 is 5.97 Å². The average Bonchev–Trinajstić information content (AvgIpc) is 4.03. The lowest BCUT2D eigenvalue weighted by Gasteiger charge is -2.13. The first-order valence-electron chi connectivity index (χ1n) is 19.0. The summed E-state index contributed by atoms with van der Waals surface area (Å²) in [7, 11) is -4.81. The Labute approximate surface area is 339 Å². The molecule has 6 heterocycles. The molecule has 3 aliphatic rings. The van der Waals surface area contributed by atoms with E-state index in [1.807, 2.05) is 91.0 Å². The Kier molecular flexibility index (Phi) is 8.87. The maximum atomic E-state index is 12.3. The summed E-state index contributed by atoms with van der Waals surface area (Å²) in [5.41, 5.74) is 5.46. The first kappa shape index (κ1) is 36.9. The van der Waals surface area contributed by atoms with Gasteiger partial charge in [0.2, 0.25) is 0 Å². The minimum absolute atomic E-state index is 0.105. The van der Waals surface area contributed by atoms with Crippen LogP contribution in [-0.2, 0) is 29.3 Å². The van der Waals surface area contributed by atoms with E-state index in [2.05, 4.69) is 9.97 Å². The van der Waals surface area contributed by atoms with E-state index in [9.17, 15) is 27.4 Å². The number of benzene rings is 4. The zero-order valence-electron chi connectivity index (χ0n) is 31.3. The van der Waals surface area contributed by atoms with E-state index in [0.717, 1.165) is 38.2 Å². The van der Waals surface area contributed by atoms with Gasteiger partial charge in [-0.1, -0.05) is 72.8 Å². The molecule has 1 saturated heterocycles. The van der Waals surface area contributed by atoms with Crippen LogP contribution in [0, 0.1) is 0 Å². The van der Waals surface area contributed by atoms with Crippen LogP contribution in [0.5, 0.6) is 5.75 Å². The van der Waals surface area contributed by atoms with E-state index < -0.39 is 39.6 Å². The van der Waals surface area contributed by atoms with Crippen LogP contribution in [0.15, 0.2) is 91.0 Å². The molecule has 3 aromatic heterocycles. The molecule has 8 bridgehead atoms. The summed E-state index contributed by atoms with van der Waals surface area (Å²) in [6.07, 6.45) is 0.508. The molecule has 1 atom stereocenters. The van der Waals surface area contributed by atoms with Crippen LogP contribution in [0.4, 0.5) is 0 Å². The molecule has 4 aromatic carbocycles. The molecule has 7 aromatic rings. The summed E-state index contributed by atoms with van der Waals surface area (Å²) in [6.45, 7) is 0.302. The number of amides is 2. The second-order valence-corrected chi connectivity index (χ2v) is 15.9. The molecule has 1 unspecified atom stereocenters. The number of fused-ring (bicyclic) bond motifs is 20. The predicted molar refractivity (Wildman–Crippen MR) is 218 cm³/mol. The number of unbranched alkanes of at least 4 members (excludes halogenated alkanes) is 2. The zero-order chi connectivity index (χ0) is 41.1. The lowest BCUT2D eigenvalue weighted by molar-refractivity contribution is -0.197. The van der Waals surface area contributed by atoms with Gasteiger partial charge in [-0.05, 0) is 37.5 Å². The van der Waals surface area contributed by atoms with Crippen molar-refractivity contribution < 1.29 is 36.9 Å². The molecule has 0 radical (unpaired) electrons. The van der Waals surface area contributed by atoms with Crippen LogP contribution in [-0.4, -0.2) is 87.5 Å². The fraction of sp³-hybridized carbons (Fsp3) is 0.167. The van der Waals surface area contributed by atoms with Gasteiger partial charge in [0.1, 0.15) is 28.3 Å². The van der Waals surface area contributed by atoms with E-state index in [-0.39, 0.29) is 11.5 Å². The Bertz CT molecular complexity index is 3250. The zero-order valence-corrected chi connectivity index (χ0v) is 32.1. The van der Waals surface area contributed by atoms with E-state index in [1.54, 1.807) is 0 Å². The van der Waals surface area contributed by atoms with Gasteiger partial charge in [0, 0.05) is 50.2 Å². The normalized spacial score (nSPS) is 14.8. The Morgan fingerprint density at radius 3 is 1.63 bits per heavy atom. The largest absolute Gasteiger partial charge is 0.494 e. The molecule has 0 aliphatic carbocycles. The van der Waals surface area contributed by atoms with Gasteiger partial charge in [0.05, 0.1) is 13.0 Å². The third kappa shape index (κ3) is 6.56. The fourth-order valence-corrected chi connectivity index (χ4v) is 8.21. The van der Waals surface area contributed by atoms with Crippen molar-refractivity contribution >= 4 is 72.0 Å².